The molecule has 1 aliphatic carbocycles. The number of nitrogens with one attached hydrogen (secondary N) is 1. The second kappa shape index (κ2) is 8.44. The summed E-state index contributed by atoms with van der Waals surface area (Å²) in [5.74, 6) is 1.21. The van der Waals surface area contributed by atoms with Crippen molar-refractivity contribution in [2.24, 2.45) is 5.92 Å². The van der Waals surface area contributed by atoms with E-state index in [4.69, 9.17) is 4.74 Å². The van der Waals surface area contributed by atoms with Crippen LogP contribution in [0.1, 0.15) is 41.6 Å². The third-order valence-electron chi connectivity index (χ3n) is 5.31. The van der Waals surface area contributed by atoms with Crippen molar-refractivity contribution in [3.05, 3.63) is 59.7 Å². The van der Waals surface area contributed by atoms with E-state index in [0.717, 1.165) is 24.2 Å². The number of phenols is 1. The summed E-state index contributed by atoms with van der Waals surface area (Å²) in [6.45, 7) is 2.92. The Kier molecular flexibility index (Phi) is 6.01. The number of phenolic OH excluding ortho intramolecular Hbond substituents is 1. The number of ether oxygens (including phenoxy) is 1. The van der Waals surface area contributed by atoms with Crippen molar-refractivity contribution < 1.29 is 19.7 Å². The van der Waals surface area contributed by atoms with Gasteiger partial charge < -0.3 is 20.3 Å². The fraction of sp³-hybridized carbons (Fsp3) is 0.409. The quantitative estimate of drug-likeness (QED) is 0.729. The maximum atomic E-state index is 12.2. The fourth-order valence-corrected chi connectivity index (χ4v) is 3.44. The molecule has 0 saturated heterocycles. The van der Waals surface area contributed by atoms with Crippen molar-refractivity contribution in [2.75, 3.05) is 13.2 Å². The SMILES string of the molecule is Cc1ccccc1OC[C@H]1CC[C@@](O)(CNC(=O)c2ccc(O)cc2)CC1. The van der Waals surface area contributed by atoms with Gasteiger partial charge in [0.15, 0.2) is 0 Å². The van der Waals surface area contributed by atoms with Gasteiger partial charge in [-0.05, 0) is 74.4 Å². The van der Waals surface area contributed by atoms with Crippen molar-refractivity contribution in [1.29, 1.82) is 0 Å². The number of aliphatic hydroxyl groups is 1. The number of aryl methyl sites for hydroxylation is 1. The average molecular weight is 369 g/mol. The molecule has 1 fully saturated rings. The molecule has 1 amide bonds. The molecule has 0 spiro atoms. The highest BCUT2D eigenvalue weighted by atomic mass is 16.5. The first-order chi connectivity index (χ1) is 13.0. The Morgan fingerprint density at radius 1 is 1.15 bits per heavy atom. The molecule has 1 saturated carbocycles. The zero-order valence-electron chi connectivity index (χ0n) is 15.6. The number of carbonyl (C=O) groups excluding carboxylic acids is 1. The van der Waals surface area contributed by atoms with Crippen LogP contribution in [0.4, 0.5) is 0 Å². The highest BCUT2D eigenvalue weighted by molar-refractivity contribution is 5.94. The number of benzene rings is 2. The molecule has 144 valence electrons. The van der Waals surface area contributed by atoms with E-state index in [1.54, 1.807) is 12.1 Å². The number of hydrogen-bond donors (Lipinski definition) is 3. The molecule has 3 N–H and O–H groups in total. The average Bonchev–Trinajstić information content (AvgIpc) is 2.67. The number of para-hydroxylation sites is 1. The van der Waals surface area contributed by atoms with Gasteiger partial charge in [0.25, 0.3) is 5.91 Å². The molecule has 27 heavy (non-hydrogen) atoms. The molecule has 0 bridgehead atoms. The van der Waals surface area contributed by atoms with E-state index in [9.17, 15) is 15.0 Å². The van der Waals surface area contributed by atoms with Gasteiger partial charge >= 0.3 is 0 Å². The van der Waals surface area contributed by atoms with E-state index >= 15 is 0 Å². The molecule has 5 heteroatoms. The molecule has 5 nitrogen and oxygen atoms in total. The lowest BCUT2D eigenvalue weighted by Crippen LogP contribution is -2.45. The first kappa shape index (κ1) is 19.2. The second-order valence-electron chi connectivity index (χ2n) is 7.47. The van der Waals surface area contributed by atoms with Gasteiger partial charge in [-0.25, -0.2) is 0 Å². The predicted molar refractivity (Wildman–Crippen MR) is 104 cm³/mol. The van der Waals surface area contributed by atoms with E-state index in [1.807, 2.05) is 31.2 Å². The van der Waals surface area contributed by atoms with Crippen molar-refractivity contribution in [3.63, 3.8) is 0 Å². The first-order valence-corrected chi connectivity index (χ1v) is 9.43. The molecule has 0 unspecified atom stereocenters. The Balaban J connectivity index is 1.44. The molecule has 0 aliphatic heterocycles. The standard InChI is InChI=1S/C22H27NO4/c1-16-4-2-3-5-20(16)27-14-17-10-12-22(26,13-11-17)15-23-21(25)18-6-8-19(24)9-7-18/h2-9,17,24,26H,10-15H2,1H3,(H,23,25)/t17-,22-. The lowest BCUT2D eigenvalue weighted by molar-refractivity contribution is -0.0130. The van der Waals surface area contributed by atoms with Crippen molar-refractivity contribution in [3.8, 4) is 11.5 Å². The van der Waals surface area contributed by atoms with Crippen LogP contribution in [0, 0.1) is 12.8 Å². The number of amides is 1. The van der Waals surface area contributed by atoms with Gasteiger partial charge in [0.05, 0.1) is 12.2 Å². The molecule has 3 rings (SSSR count). The summed E-state index contributed by atoms with van der Waals surface area (Å²) in [6, 6.07) is 14.1. The fourth-order valence-electron chi connectivity index (χ4n) is 3.44. The number of carbonyl (C=O) groups is 1. The molecule has 1 aliphatic rings. The predicted octanol–water partition coefficient (Wildman–Crippen LogP) is 3.43. The first-order valence-electron chi connectivity index (χ1n) is 9.43. The Morgan fingerprint density at radius 2 is 1.81 bits per heavy atom. The number of aromatic hydroxyl groups is 1. The Labute approximate surface area is 160 Å². The summed E-state index contributed by atoms with van der Waals surface area (Å²) in [5.41, 5.74) is 0.727. The number of rotatable bonds is 6. The van der Waals surface area contributed by atoms with Gasteiger partial charge in [-0.1, -0.05) is 18.2 Å². The highest BCUT2D eigenvalue weighted by Crippen LogP contribution is 2.32. The van der Waals surface area contributed by atoms with Crippen LogP contribution in [0.3, 0.4) is 0 Å². The van der Waals surface area contributed by atoms with Gasteiger partial charge in [-0.3, -0.25) is 4.79 Å². The van der Waals surface area contributed by atoms with Gasteiger partial charge in [0.2, 0.25) is 0 Å². The summed E-state index contributed by atoms with van der Waals surface area (Å²) in [6.07, 6.45) is 3.03. The van der Waals surface area contributed by atoms with Crippen LogP contribution >= 0.6 is 0 Å². The van der Waals surface area contributed by atoms with Crippen LogP contribution in [0.15, 0.2) is 48.5 Å². The van der Waals surface area contributed by atoms with Crippen LogP contribution in [-0.2, 0) is 0 Å². The minimum Gasteiger partial charge on any atom is -0.508 e. The Hall–Kier alpha value is -2.53. The monoisotopic (exact) mass is 369 g/mol. The van der Waals surface area contributed by atoms with E-state index in [0.29, 0.717) is 30.9 Å². The lowest BCUT2D eigenvalue weighted by atomic mass is 9.79. The summed E-state index contributed by atoms with van der Waals surface area (Å²) >= 11 is 0. The van der Waals surface area contributed by atoms with Crippen molar-refractivity contribution >= 4 is 5.91 Å². The minimum absolute atomic E-state index is 0.122. The second-order valence-corrected chi connectivity index (χ2v) is 7.47. The van der Waals surface area contributed by atoms with Gasteiger partial charge in [0, 0.05) is 12.1 Å². The lowest BCUT2D eigenvalue weighted by Gasteiger charge is -2.36. The minimum atomic E-state index is -0.869. The van der Waals surface area contributed by atoms with Crippen LogP contribution < -0.4 is 10.1 Å². The summed E-state index contributed by atoms with van der Waals surface area (Å²) in [4.78, 5) is 12.2. The largest absolute Gasteiger partial charge is 0.508 e. The van der Waals surface area contributed by atoms with Gasteiger partial charge in [-0.2, -0.15) is 0 Å². The van der Waals surface area contributed by atoms with Crippen molar-refractivity contribution in [1.82, 2.24) is 5.32 Å². The Morgan fingerprint density at radius 3 is 2.48 bits per heavy atom. The van der Waals surface area contributed by atoms with E-state index in [1.165, 1.54) is 12.1 Å². The molecule has 0 atom stereocenters. The molecule has 0 radical (unpaired) electrons. The van der Waals surface area contributed by atoms with E-state index < -0.39 is 5.60 Å². The number of hydrogen-bond acceptors (Lipinski definition) is 4. The Bertz CT molecular complexity index is 764. The van der Waals surface area contributed by atoms with Gasteiger partial charge in [0.1, 0.15) is 11.5 Å². The van der Waals surface area contributed by atoms with Crippen molar-refractivity contribution in [2.45, 2.75) is 38.2 Å². The maximum absolute atomic E-state index is 12.2. The highest BCUT2D eigenvalue weighted by Gasteiger charge is 2.33. The topological polar surface area (TPSA) is 78.8 Å². The third kappa shape index (κ3) is 5.23. The zero-order valence-corrected chi connectivity index (χ0v) is 15.6. The molecule has 2 aromatic carbocycles. The summed E-state index contributed by atoms with van der Waals surface area (Å²) in [5, 5.41) is 22.9. The normalized spacial score (nSPS) is 22.2. The molecule has 0 aromatic heterocycles. The summed E-state index contributed by atoms with van der Waals surface area (Å²) < 4.78 is 5.94. The molecule has 2 aromatic rings. The molecule has 0 heterocycles. The summed E-state index contributed by atoms with van der Waals surface area (Å²) in [7, 11) is 0. The maximum Gasteiger partial charge on any atom is 0.251 e. The smallest absolute Gasteiger partial charge is 0.251 e. The van der Waals surface area contributed by atoms with Crippen LogP contribution in [0.5, 0.6) is 11.5 Å². The van der Waals surface area contributed by atoms with E-state index in [-0.39, 0.29) is 18.2 Å². The zero-order chi connectivity index (χ0) is 19.3. The molecular weight excluding hydrogens is 342 g/mol. The van der Waals surface area contributed by atoms with Crippen LogP contribution in [-0.4, -0.2) is 34.9 Å². The van der Waals surface area contributed by atoms with E-state index in [2.05, 4.69) is 5.32 Å². The molecular formula is C22H27NO4. The van der Waals surface area contributed by atoms with Gasteiger partial charge in [-0.15, -0.1) is 0 Å². The van der Waals surface area contributed by atoms with Crippen LogP contribution in [0.2, 0.25) is 0 Å². The third-order valence-corrected chi connectivity index (χ3v) is 5.31. The van der Waals surface area contributed by atoms with Crippen LogP contribution in [0.25, 0.3) is 0 Å².